The third-order valence-electron chi connectivity index (χ3n) is 3.66. The van der Waals surface area contributed by atoms with E-state index >= 15 is 0 Å². The van der Waals surface area contributed by atoms with E-state index in [1.807, 2.05) is 0 Å². The average molecular weight is 418 g/mol. The van der Waals surface area contributed by atoms with Gasteiger partial charge in [-0.15, -0.1) is 0 Å². The molecule has 0 aliphatic rings. The first-order chi connectivity index (χ1) is 13.5. The largest absolute Gasteiger partial charge is 0.469 e. The number of rotatable bonds is 9. The molecule has 0 heterocycles. The lowest BCUT2D eigenvalue weighted by molar-refractivity contribution is -0.140. The molecule has 146 valence electrons. The van der Waals surface area contributed by atoms with Gasteiger partial charge in [0.05, 0.1) is 14.2 Å². The van der Waals surface area contributed by atoms with Crippen LogP contribution in [0, 0.1) is 0 Å². The van der Waals surface area contributed by atoms with Crippen LogP contribution in [0.1, 0.15) is 33.6 Å². The Bertz CT molecular complexity index is 820. The van der Waals surface area contributed by atoms with Crippen molar-refractivity contribution in [1.29, 1.82) is 0 Å². The molecule has 0 aromatic heterocycles. The smallest absolute Gasteiger partial charge is 0.313 e. The molecule has 0 aliphatic heterocycles. The van der Waals surface area contributed by atoms with Crippen LogP contribution >= 0.6 is 21.6 Å². The van der Waals surface area contributed by atoms with Crippen LogP contribution in [0.25, 0.3) is 0 Å². The summed E-state index contributed by atoms with van der Waals surface area (Å²) in [5.41, 5.74) is 0.813. The van der Waals surface area contributed by atoms with Gasteiger partial charge in [-0.2, -0.15) is 0 Å². The maximum absolute atomic E-state index is 12.3. The molecule has 0 aliphatic carbocycles. The minimum atomic E-state index is -0.601. The summed E-state index contributed by atoms with van der Waals surface area (Å²) in [6.07, 6.45) is -0.681. The van der Waals surface area contributed by atoms with Crippen molar-refractivity contribution in [1.82, 2.24) is 0 Å². The number of ketones is 2. The van der Waals surface area contributed by atoms with E-state index in [2.05, 4.69) is 9.47 Å². The first kappa shape index (κ1) is 21.7. The molecule has 0 unspecified atom stereocenters. The summed E-state index contributed by atoms with van der Waals surface area (Å²) >= 11 is 0. The molecule has 28 heavy (non-hydrogen) atoms. The predicted octanol–water partition coefficient (Wildman–Crippen LogP) is 3.98. The predicted molar refractivity (Wildman–Crippen MR) is 107 cm³/mol. The minimum Gasteiger partial charge on any atom is -0.469 e. The third kappa shape index (κ3) is 5.97. The van der Waals surface area contributed by atoms with E-state index < -0.39 is 11.9 Å². The molecule has 0 fully saturated rings. The van der Waals surface area contributed by atoms with E-state index in [4.69, 9.17) is 0 Å². The van der Waals surface area contributed by atoms with E-state index in [1.165, 1.54) is 35.8 Å². The fourth-order valence-electron chi connectivity index (χ4n) is 2.23. The molecule has 0 bridgehead atoms. The Morgan fingerprint density at radius 3 is 1.39 bits per heavy atom. The maximum Gasteiger partial charge on any atom is 0.313 e. The number of carbonyl (C=O) groups excluding carboxylic acids is 4. The van der Waals surface area contributed by atoms with Gasteiger partial charge in [0.15, 0.2) is 11.6 Å². The number of carbonyl (C=O) groups is 4. The van der Waals surface area contributed by atoms with Crippen molar-refractivity contribution >= 4 is 45.1 Å². The molecule has 0 saturated carbocycles. The fourth-order valence-corrected chi connectivity index (χ4v) is 4.63. The Morgan fingerprint density at radius 2 is 1.04 bits per heavy atom. The molecule has 0 amide bonds. The fraction of sp³-hybridized carbons (Fsp3) is 0.200. The summed E-state index contributed by atoms with van der Waals surface area (Å²) < 4.78 is 9.09. The van der Waals surface area contributed by atoms with Crippen LogP contribution in [-0.4, -0.2) is 37.7 Å². The van der Waals surface area contributed by atoms with Gasteiger partial charge in [-0.25, -0.2) is 0 Å². The Kier molecular flexibility index (Phi) is 8.28. The zero-order valence-corrected chi connectivity index (χ0v) is 16.9. The first-order valence-electron chi connectivity index (χ1n) is 8.19. The van der Waals surface area contributed by atoms with Crippen LogP contribution in [0.4, 0.5) is 0 Å². The zero-order valence-electron chi connectivity index (χ0n) is 15.3. The van der Waals surface area contributed by atoms with Gasteiger partial charge in [-0.05, 0) is 12.1 Å². The van der Waals surface area contributed by atoms with Gasteiger partial charge in [-0.3, -0.25) is 19.2 Å². The van der Waals surface area contributed by atoms with Crippen molar-refractivity contribution in [3.8, 4) is 0 Å². The van der Waals surface area contributed by atoms with Gasteiger partial charge in [0.2, 0.25) is 0 Å². The van der Waals surface area contributed by atoms with Crippen LogP contribution in [0.15, 0.2) is 58.3 Å². The van der Waals surface area contributed by atoms with E-state index in [0.717, 1.165) is 0 Å². The Hall–Kier alpha value is -2.58. The second-order valence-corrected chi connectivity index (χ2v) is 7.72. The second kappa shape index (κ2) is 10.7. The molecule has 8 heteroatoms. The number of hydrogen-bond donors (Lipinski definition) is 0. The van der Waals surface area contributed by atoms with Crippen molar-refractivity contribution < 1.29 is 28.7 Å². The average Bonchev–Trinajstić information content (AvgIpc) is 2.72. The molecule has 2 rings (SSSR count). The number of Topliss-reactive ketones (excluding diaryl/α,β-unsaturated/α-hetero) is 2. The van der Waals surface area contributed by atoms with E-state index in [9.17, 15) is 19.2 Å². The van der Waals surface area contributed by atoms with Crippen LogP contribution < -0.4 is 0 Å². The lowest BCUT2D eigenvalue weighted by atomic mass is 10.1. The van der Waals surface area contributed by atoms with Gasteiger partial charge >= 0.3 is 11.9 Å². The molecule has 0 saturated heterocycles. The summed E-state index contributed by atoms with van der Waals surface area (Å²) in [7, 11) is 5.05. The highest BCUT2D eigenvalue weighted by Gasteiger charge is 2.18. The lowest BCUT2D eigenvalue weighted by Crippen LogP contribution is -2.10. The number of hydrogen-bond acceptors (Lipinski definition) is 8. The van der Waals surface area contributed by atoms with Gasteiger partial charge in [0, 0.05) is 20.9 Å². The molecule has 0 spiro atoms. The summed E-state index contributed by atoms with van der Waals surface area (Å²) in [4.78, 5) is 48.8. The van der Waals surface area contributed by atoms with E-state index in [-0.39, 0.29) is 24.4 Å². The highest BCUT2D eigenvalue weighted by molar-refractivity contribution is 8.76. The maximum atomic E-state index is 12.3. The zero-order chi connectivity index (χ0) is 20.5. The second-order valence-electron chi connectivity index (χ2n) is 5.51. The molecule has 0 N–H and O–H groups in total. The first-order valence-corrected chi connectivity index (χ1v) is 10.3. The monoisotopic (exact) mass is 418 g/mol. The van der Waals surface area contributed by atoms with Crippen LogP contribution in [-0.2, 0) is 19.1 Å². The number of esters is 2. The SMILES string of the molecule is COC(=O)CC(=O)c1ccccc1SSc1ccccc1C(=O)CC(=O)OC. The number of methoxy groups -OCH3 is 2. The number of ether oxygens (including phenoxy) is 2. The van der Waals surface area contributed by atoms with Crippen molar-refractivity contribution in [2.75, 3.05) is 14.2 Å². The molecule has 2 aromatic carbocycles. The van der Waals surface area contributed by atoms with Gasteiger partial charge < -0.3 is 9.47 Å². The Labute approximate surface area is 170 Å². The molecule has 2 aromatic rings. The van der Waals surface area contributed by atoms with Gasteiger partial charge in [-0.1, -0.05) is 58.0 Å². The number of benzene rings is 2. The summed E-state index contributed by atoms with van der Waals surface area (Å²) in [5, 5.41) is 0. The van der Waals surface area contributed by atoms with E-state index in [0.29, 0.717) is 20.9 Å². The third-order valence-corrected chi connectivity index (χ3v) is 6.14. The topological polar surface area (TPSA) is 86.7 Å². The standard InChI is InChI=1S/C20H18O6S2/c1-25-19(23)11-15(21)13-7-3-5-9-17(13)27-28-18-10-6-4-8-14(18)16(22)12-20(24)26-2/h3-10H,11-12H2,1-2H3. The van der Waals surface area contributed by atoms with Crippen molar-refractivity contribution in [3.63, 3.8) is 0 Å². The van der Waals surface area contributed by atoms with Crippen molar-refractivity contribution in [2.45, 2.75) is 22.6 Å². The molecular weight excluding hydrogens is 400 g/mol. The molecular formula is C20H18O6S2. The Balaban J connectivity index is 2.17. The molecule has 6 nitrogen and oxygen atoms in total. The lowest BCUT2D eigenvalue weighted by Gasteiger charge is -2.10. The van der Waals surface area contributed by atoms with Crippen LogP contribution in [0.2, 0.25) is 0 Å². The van der Waals surface area contributed by atoms with Crippen LogP contribution in [0.3, 0.4) is 0 Å². The summed E-state index contributed by atoms with van der Waals surface area (Å²) in [5.74, 6) is -1.89. The Morgan fingerprint density at radius 1 is 0.679 bits per heavy atom. The van der Waals surface area contributed by atoms with Gasteiger partial charge in [0.1, 0.15) is 12.8 Å². The van der Waals surface area contributed by atoms with Crippen molar-refractivity contribution in [2.24, 2.45) is 0 Å². The van der Waals surface area contributed by atoms with Crippen LogP contribution in [0.5, 0.6) is 0 Å². The summed E-state index contributed by atoms with van der Waals surface area (Å²) in [6.45, 7) is 0. The molecule has 0 radical (unpaired) electrons. The summed E-state index contributed by atoms with van der Waals surface area (Å²) in [6, 6.07) is 13.8. The minimum absolute atomic E-state index is 0.340. The normalized spacial score (nSPS) is 10.2. The van der Waals surface area contributed by atoms with E-state index in [1.54, 1.807) is 48.5 Å². The molecule has 0 atom stereocenters. The van der Waals surface area contributed by atoms with Crippen molar-refractivity contribution in [3.05, 3.63) is 59.7 Å². The van der Waals surface area contributed by atoms with Gasteiger partial charge in [0.25, 0.3) is 0 Å². The quantitative estimate of drug-likeness (QED) is 0.262. The highest BCUT2D eigenvalue weighted by Crippen LogP contribution is 2.41. The highest BCUT2D eigenvalue weighted by atomic mass is 33.1.